The lowest BCUT2D eigenvalue weighted by atomic mass is 9.84. The number of fused-ring (bicyclic) bond motifs is 8. The van der Waals surface area contributed by atoms with E-state index < -0.39 is 0 Å². The third-order valence-electron chi connectivity index (χ3n) is 24.9. The van der Waals surface area contributed by atoms with Gasteiger partial charge < -0.3 is 0 Å². The molecule has 2 amide bonds. The summed E-state index contributed by atoms with van der Waals surface area (Å²) in [7, 11) is 1.69. The average molecular weight is 1550 g/mol. The van der Waals surface area contributed by atoms with E-state index in [0.717, 1.165) is 137 Å². The van der Waals surface area contributed by atoms with Gasteiger partial charge >= 0.3 is 0 Å². The molecule has 13 heteroatoms. The van der Waals surface area contributed by atoms with Crippen molar-refractivity contribution < 1.29 is 9.59 Å². The first-order chi connectivity index (χ1) is 50.9. The van der Waals surface area contributed by atoms with Crippen molar-refractivity contribution in [1.29, 1.82) is 0 Å². The van der Waals surface area contributed by atoms with Crippen LogP contribution >= 0.6 is 79.4 Å². The number of amides is 2. The summed E-state index contributed by atoms with van der Waals surface area (Å²) in [5.74, 6) is 3.43. The number of rotatable bonds is 44. The second kappa shape index (κ2) is 38.1. The molecule has 0 saturated carbocycles. The zero-order valence-corrected chi connectivity index (χ0v) is 72.6. The highest BCUT2D eigenvalue weighted by molar-refractivity contribution is 7.34. The zero-order valence-electron chi connectivity index (χ0n) is 66.9. The number of nitrogens with zero attached hydrogens (tertiary/aromatic N) is 2. The number of carbonyl (C=O) groups is 2. The first-order valence-corrected chi connectivity index (χ1v) is 47.8. The summed E-state index contributed by atoms with van der Waals surface area (Å²) in [6, 6.07) is 14.1. The number of benzene rings is 2. The molecule has 2 aromatic carbocycles. The smallest absolute Gasteiger partial charge is 0.263 e. The Balaban J connectivity index is 1.07. The summed E-state index contributed by atoms with van der Waals surface area (Å²) in [6.45, 7) is 32.3. The Bertz CT molecular complexity index is 4560. The van der Waals surface area contributed by atoms with Crippen LogP contribution in [0.2, 0.25) is 0 Å². The number of unbranched alkanes of at least 4 members (excludes halogenated alkanes) is 6. The van der Waals surface area contributed by atoms with Crippen molar-refractivity contribution in [3.05, 3.63) is 100 Å². The Labute approximate surface area is 658 Å². The SMILES string of the molecule is CCCCC(CC)CCc1c2cc(-c3cc4c(=O)n(C)c(=O)c5cc(-c6cc7c(CCC(CC)CCCC)c8sc(-c9sc(C)c%10c9C(=O)N(C(CC(CC)CCCC)CC(CC)CCCC)C%10=O)cc8c(CCC(CC)CCCC)c7s6)sc5c4s3)sc2c(CCC(CC)CCCC)c2cc(C)sc12. The van der Waals surface area contributed by atoms with Crippen molar-refractivity contribution in [1.82, 2.24) is 9.47 Å². The molecule has 1 aliphatic rings. The summed E-state index contributed by atoms with van der Waals surface area (Å²) in [5.41, 5.74) is 6.66. The molecule has 9 heterocycles. The highest BCUT2D eigenvalue weighted by atomic mass is 32.1. The highest BCUT2D eigenvalue weighted by Crippen LogP contribution is 2.54. The number of hydrogen-bond acceptors (Lipinski definition) is 11. The van der Waals surface area contributed by atoms with Crippen LogP contribution in [-0.2, 0) is 32.7 Å². The average Bonchev–Trinajstić information content (AvgIpc) is 1.57. The molecule has 0 fully saturated rings. The first kappa shape index (κ1) is 81.6. The van der Waals surface area contributed by atoms with Crippen LogP contribution in [0.5, 0.6) is 0 Å². The molecule has 10 aromatic rings. The summed E-state index contributed by atoms with van der Waals surface area (Å²) < 4.78 is 8.78. The molecule has 6 atom stereocenters. The maximum atomic E-state index is 15.7. The lowest BCUT2D eigenvalue weighted by Gasteiger charge is -2.32. The van der Waals surface area contributed by atoms with Crippen LogP contribution in [0, 0.1) is 49.4 Å². The van der Waals surface area contributed by atoms with E-state index in [1.807, 2.05) is 45.3 Å². The van der Waals surface area contributed by atoms with E-state index >= 15 is 9.59 Å². The molecule has 11 rings (SSSR count). The van der Waals surface area contributed by atoms with E-state index in [1.165, 1.54) is 197 Å². The predicted octanol–water partition coefficient (Wildman–Crippen LogP) is 30.5. The van der Waals surface area contributed by atoms with E-state index in [-0.39, 0.29) is 29.0 Å². The van der Waals surface area contributed by atoms with Crippen LogP contribution in [0.1, 0.15) is 328 Å². The predicted molar refractivity (Wildman–Crippen MR) is 471 cm³/mol. The van der Waals surface area contributed by atoms with Crippen molar-refractivity contribution >= 4 is 152 Å². The Kier molecular flexibility index (Phi) is 29.6. The molecule has 0 saturated heterocycles. The minimum absolute atomic E-state index is 0.0706. The molecule has 0 radical (unpaired) electrons. The molecule has 1 aliphatic heterocycles. The molecular weight excluding hydrogens is 1420 g/mol. The Morgan fingerprint density at radius 1 is 0.324 bits per heavy atom. The Morgan fingerprint density at radius 3 is 0.971 bits per heavy atom. The Morgan fingerprint density at radius 2 is 0.619 bits per heavy atom. The van der Waals surface area contributed by atoms with Gasteiger partial charge in [-0.1, -0.05) is 237 Å². The monoisotopic (exact) mass is 1550 g/mol. The van der Waals surface area contributed by atoms with Crippen LogP contribution in [0.25, 0.3) is 89.8 Å². The second-order valence-electron chi connectivity index (χ2n) is 31.9. The second-order valence-corrected chi connectivity index (χ2v) is 39.7. The van der Waals surface area contributed by atoms with Crippen LogP contribution in [0.4, 0.5) is 0 Å². The molecule has 6 unspecified atom stereocenters. The van der Waals surface area contributed by atoms with E-state index in [2.05, 4.69) is 133 Å². The normalized spacial score (nSPS) is 15.0. The molecular formula is C92H126N2O4S7. The molecule has 570 valence electrons. The van der Waals surface area contributed by atoms with Crippen LogP contribution < -0.4 is 11.1 Å². The third kappa shape index (κ3) is 17.7. The van der Waals surface area contributed by atoms with Gasteiger partial charge in [-0.15, -0.1) is 79.4 Å². The van der Waals surface area contributed by atoms with Gasteiger partial charge in [0.05, 0.1) is 36.2 Å². The quantitative estimate of drug-likeness (QED) is 0.0357. The van der Waals surface area contributed by atoms with Gasteiger partial charge in [0.25, 0.3) is 22.9 Å². The van der Waals surface area contributed by atoms with Crippen molar-refractivity contribution in [2.75, 3.05) is 0 Å². The van der Waals surface area contributed by atoms with E-state index in [0.29, 0.717) is 57.4 Å². The molecule has 0 bridgehead atoms. The van der Waals surface area contributed by atoms with Gasteiger partial charge in [-0.05, 0) is 194 Å². The fraction of sp³-hybridized carbons (Fsp3) is 0.609. The highest BCUT2D eigenvalue weighted by Gasteiger charge is 2.45. The van der Waals surface area contributed by atoms with Crippen molar-refractivity contribution in [2.45, 2.75) is 321 Å². The maximum Gasteiger partial charge on any atom is 0.263 e. The number of hydrogen-bond donors (Lipinski definition) is 0. The summed E-state index contributed by atoms with van der Waals surface area (Å²) >= 11 is 12.8. The number of aromatic nitrogens is 1. The van der Waals surface area contributed by atoms with Crippen LogP contribution in [0.15, 0.2) is 46.0 Å². The topological polar surface area (TPSA) is 76.5 Å². The van der Waals surface area contributed by atoms with Gasteiger partial charge in [0.15, 0.2) is 0 Å². The fourth-order valence-electron chi connectivity index (χ4n) is 17.9. The molecule has 0 spiro atoms. The first-order valence-electron chi connectivity index (χ1n) is 42.1. The van der Waals surface area contributed by atoms with Gasteiger partial charge in [0.1, 0.15) is 0 Å². The third-order valence-corrected chi connectivity index (χ3v) is 33.7. The van der Waals surface area contributed by atoms with Gasteiger partial charge in [-0.2, -0.15) is 0 Å². The van der Waals surface area contributed by atoms with Gasteiger partial charge in [-0.25, -0.2) is 0 Å². The van der Waals surface area contributed by atoms with Crippen LogP contribution in [-0.4, -0.2) is 27.3 Å². The van der Waals surface area contributed by atoms with Gasteiger partial charge in [-0.3, -0.25) is 28.6 Å². The number of thiophene rings is 7. The molecule has 0 N–H and O–H groups in total. The van der Waals surface area contributed by atoms with Crippen molar-refractivity contribution in [3.8, 4) is 29.3 Å². The van der Waals surface area contributed by atoms with E-state index in [1.54, 1.807) is 46.0 Å². The van der Waals surface area contributed by atoms with Crippen molar-refractivity contribution in [2.24, 2.45) is 42.6 Å². The molecule has 6 nitrogen and oxygen atoms in total. The summed E-state index contributed by atoms with van der Waals surface area (Å²) in [5, 5.41) is 6.75. The number of imide groups is 1. The van der Waals surface area contributed by atoms with E-state index in [9.17, 15) is 9.59 Å². The lowest BCUT2D eigenvalue weighted by Crippen LogP contribution is -2.42. The van der Waals surface area contributed by atoms with Gasteiger partial charge in [0.2, 0.25) is 0 Å². The van der Waals surface area contributed by atoms with Crippen molar-refractivity contribution in [3.63, 3.8) is 0 Å². The molecule has 8 aromatic heterocycles. The Hall–Kier alpha value is -4.34. The van der Waals surface area contributed by atoms with Crippen LogP contribution in [0.3, 0.4) is 0 Å². The maximum absolute atomic E-state index is 15.7. The minimum Gasteiger partial charge on any atom is -0.277 e. The summed E-state index contributed by atoms with van der Waals surface area (Å²) in [4.78, 5) is 71.6. The fourth-order valence-corrected chi connectivity index (χ4v) is 26.7. The lowest BCUT2D eigenvalue weighted by molar-refractivity contribution is 0.0528. The molecule has 105 heavy (non-hydrogen) atoms. The van der Waals surface area contributed by atoms with Gasteiger partial charge in [0, 0.05) is 66.0 Å². The largest absolute Gasteiger partial charge is 0.277 e. The molecule has 0 aliphatic carbocycles. The summed E-state index contributed by atoms with van der Waals surface area (Å²) in [6.07, 6.45) is 39.0. The van der Waals surface area contributed by atoms with E-state index in [4.69, 9.17) is 0 Å². The minimum atomic E-state index is -0.239. The number of aryl methyl sites for hydroxylation is 6. The zero-order chi connectivity index (χ0) is 74.8. The standard InChI is InChI=1S/C92H126N2O4S7/c1-16-28-34-58(22-7)40-44-65-69-48-56(13)99-82(69)66(45-41-59(23-8)35-29-17-2)70-51-75(101-83(65)70)77-54-73-86(103-77)87-74(90(96)93(15)89(73)95)55-78(104-87)76-52-71-67(46-42-60(24-9)36-30-18-3)85-72(68(84(71)102-76)47-43-61(25-10)37-31-19-4)53-79(105-85)88-81-80(57(14)100-88)91(97)94(92(81)98)64(49-62(26-11)38-32-20-5)50-63(27-12)39-33-21-6/h48,51-55,58-64H,16-47,49-50H2,1-15H3. The number of carbonyl (C=O) groups excluding carboxylic acids is 2.